The van der Waals surface area contributed by atoms with Crippen LogP contribution in [-0.4, -0.2) is 18.3 Å². The highest BCUT2D eigenvalue weighted by atomic mass is 16.5. The van der Waals surface area contributed by atoms with E-state index in [4.69, 9.17) is 10.5 Å². The van der Waals surface area contributed by atoms with Gasteiger partial charge >= 0.3 is 0 Å². The zero-order chi connectivity index (χ0) is 10.7. The number of nitrogens with two attached hydrogens (primary N) is 1. The Hall–Kier alpha value is -1.06. The van der Waals surface area contributed by atoms with Crippen LogP contribution in [0.2, 0.25) is 0 Å². The van der Waals surface area contributed by atoms with Crippen molar-refractivity contribution in [3.8, 4) is 0 Å². The summed E-state index contributed by atoms with van der Waals surface area (Å²) in [4.78, 5) is 0. The zero-order valence-electron chi connectivity index (χ0n) is 8.73. The third-order valence-corrected chi connectivity index (χ3v) is 2.99. The average Bonchev–Trinajstić information content (AvgIpc) is 2.30. The van der Waals surface area contributed by atoms with Crippen LogP contribution in [0.15, 0.2) is 24.3 Å². The van der Waals surface area contributed by atoms with E-state index in [-0.39, 0.29) is 6.10 Å². The predicted molar refractivity (Wildman–Crippen MR) is 59.4 cm³/mol. The lowest BCUT2D eigenvalue weighted by Crippen LogP contribution is -2.21. The van der Waals surface area contributed by atoms with Crippen molar-refractivity contribution in [2.24, 2.45) is 5.92 Å². The molecule has 1 aliphatic rings. The van der Waals surface area contributed by atoms with Gasteiger partial charge in [0.1, 0.15) is 0 Å². The molecule has 1 atom stereocenters. The van der Waals surface area contributed by atoms with Gasteiger partial charge in [-0.05, 0) is 36.5 Å². The van der Waals surface area contributed by atoms with Crippen LogP contribution in [-0.2, 0) is 4.74 Å². The van der Waals surface area contributed by atoms with E-state index in [2.05, 4.69) is 0 Å². The summed E-state index contributed by atoms with van der Waals surface area (Å²) in [6, 6.07) is 7.46. The highest BCUT2D eigenvalue weighted by Crippen LogP contribution is 2.29. The van der Waals surface area contributed by atoms with Crippen LogP contribution >= 0.6 is 0 Å². The molecule has 82 valence electrons. The highest BCUT2D eigenvalue weighted by Gasteiger charge is 2.23. The smallest absolute Gasteiger partial charge is 0.0819 e. The molecule has 1 heterocycles. The quantitative estimate of drug-likeness (QED) is 0.726. The normalized spacial score (nSPS) is 20.1. The van der Waals surface area contributed by atoms with E-state index in [0.29, 0.717) is 5.92 Å². The minimum atomic E-state index is -0.380. The summed E-state index contributed by atoms with van der Waals surface area (Å²) in [5.74, 6) is 0.322. The van der Waals surface area contributed by atoms with Crippen molar-refractivity contribution in [2.75, 3.05) is 18.9 Å². The maximum absolute atomic E-state index is 10.1. The highest BCUT2D eigenvalue weighted by molar-refractivity contribution is 5.39. The molecule has 1 saturated heterocycles. The number of hydrogen-bond acceptors (Lipinski definition) is 3. The second kappa shape index (κ2) is 4.64. The standard InChI is InChI=1S/C12H17NO2/c13-11-3-1-9(2-4-11)12(14)10-5-7-15-8-6-10/h1-4,10,12,14H,5-8,13H2. The summed E-state index contributed by atoms with van der Waals surface area (Å²) in [5, 5.41) is 10.1. The van der Waals surface area contributed by atoms with Crippen LogP contribution in [0.3, 0.4) is 0 Å². The van der Waals surface area contributed by atoms with Crippen molar-refractivity contribution < 1.29 is 9.84 Å². The van der Waals surface area contributed by atoms with Crippen LogP contribution in [0.4, 0.5) is 5.69 Å². The van der Waals surface area contributed by atoms with Crippen LogP contribution in [0, 0.1) is 5.92 Å². The molecule has 2 rings (SSSR count). The number of ether oxygens (including phenoxy) is 1. The third kappa shape index (κ3) is 2.49. The monoisotopic (exact) mass is 207 g/mol. The fraction of sp³-hybridized carbons (Fsp3) is 0.500. The summed E-state index contributed by atoms with van der Waals surface area (Å²) in [6.45, 7) is 1.52. The lowest BCUT2D eigenvalue weighted by Gasteiger charge is -2.26. The molecule has 1 aliphatic heterocycles. The molecule has 1 unspecified atom stereocenters. The largest absolute Gasteiger partial charge is 0.399 e. The molecule has 0 radical (unpaired) electrons. The molecular weight excluding hydrogens is 190 g/mol. The Morgan fingerprint density at radius 2 is 1.80 bits per heavy atom. The first-order valence-corrected chi connectivity index (χ1v) is 5.38. The van der Waals surface area contributed by atoms with E-state index < -0.39 is 0 Å². The molecule has 3 N–H and O–H groups in total. The summed E-state index contributed by atoms with van der Waals surface area (Å²) in [5.41, 5.74) is 7.29. The second-order valence-corrected chi connectivity index (χ2v) is 4.06. The van der Waals surface area contributed by atoms with Crippen LogP contribution in [0.1, 0.15) is 24.5 Å². The van der Waals surface area contributed by atoms with Crippen LogP contribution < -0.4 is 5.73 Å². The van der Waals surface area contributed by atoms with Crippen molar-refractivity contribution in [3.05, 3.63) is 29.8 Å². The zero-order valence-corrected chi connectivity index (χ0v) is 8.73. The number of hydrogen-bond donors (Lipinski definition) is 2. The molecule has 1 aromatic rings. The Morgan fingerprint density at radius 1 is 1.20 bits per heavy atom. The van der Waals surface area contributed by atoms with Crippen LogP contribution in [0.25, 0.3) is 0 Å². The Morgan fingerprint density at radius 3 is 2.40 bits per heavy atom. The Kier molecular flexibility index (Phi) is 3.23. The SMILES string of the molecule is Nc1ccc(C(O)C2CCOCC2)cc1. The minimum Gasteiger partial charge on any atom is -0.399 e. The third-order valence-electron chi connectivity index (χ3n) is 2.99. The molecule has 0 aliphatic carbocycles. The van der Waals surface area contributed by atoms with Gasteiger partial charge in [0, 0.05) is 18.9 Å². The first kappa shape index (κ1) is 10.5. The van der Waals surface area contributed by atoms with Crippen molar-refractivity contribution >= 4 is 5.69 Å². The van der Waals surface area contributed by atoms with Crippen molar-refractivity contribution in [1.82, 2.24) is 0 Å². The van der Waals surface area contributed by atoms with Crippen LogP contribution in [0.5, 0.6) is 0 Å². The average molecular weight is 207 g/mol. The van der Waals surface area contributed by atoms with Gasteiger partial charge in [0.15, 0.2) is 0 Å². The lowest BCUT2D eigenvalue weighted by atomic mass is 9.89. The number of anilines is 1. The predicted octanol–water partition coefficient (Wildman–Crippen LogP) is 1.73. The van der Waals surface area contributed by atoms with E-state index in [0.717, 1.165) is 37.3 Å². The van der Waals surface area contributed by atoms with E-state index >= 15 is 0 Å². The maximum atomic E-state index is 10.1. The fourth-order valence-electron chi connectivity index (χ4n) is 2.00. The molecule has 15 heavy (non-hydrogen) atoms. The summed E-state index contributed by atoms with van der Waals surface area (Å²) < 4.78 is 5.27. The first-order valence-electron chi connectivity index (χ1n) is 5.38. The van der Waals surface area contributed by atoms with E-state index in [9.17, 15) is 5.11 Å². The fourth-order valence-corrected chi connectivity index (χ4v) is 2.00. The lowest BCUT2D eigenvalue weighted by molar-refractivity contribution is 0.00719. The van der Waals surface area contributed by atoms with E-state index in [1.165, 1.54) is 0 Å². The molecule has 0 saturated carbocycles. The number of rotatable bonds is 2. The molecule has 0 amide bonds. The number of aliphatic hydroxyl groups is 1. The maximum Gasteiger partial charge on any atom is 0.0819 e. The number of benzene rings is 1. The number of aliphatic hydroxyl groups excluding tert-OH is 1. The molecular formula is C12H17NO2. The van der Waals surface area contributed by atoms with Gasteiger partial charge in [0.25, 0.3) is 0 Å². The Labute approximate surface area is 89.9 Å². The van der Waals surface area contributed by atoms with Gasteiger partial charge < -0.3 is 15.6 Å². The Balaban J connectivity index is 2.05. The topological polar surface area (TPSA) is 55.5 Å². The van der Waals surface area contributed by atoms with Gasteiger partial charge in [-0.1, -0.05) is 12.1 Å². The molecule has 3 nitrogen and oxygen atoms in total. The van der Waals surface area contributed by atoms with Gasteiger partial charge in [0.2, 0.25) is 0 Å². The second-order valence-electron chi connectivity index (χ2n) is 4.06. The van der Waals surface area contributed by atoms with Gasteiger partial charge in [-0.25, -0.2) is 0 Å². The number of nitrogen functional groups attached to an aromatic ring is 1. The van der Waals surface area contributed by atoms with Gasteiger partial charge in [-0.2, -0.15) is 0 Å². The van der Waals surface area contributed by atoms with Gasteiger partial charge in [-0.3, -0.25) is 0 Å². The molecule has 0 bridgehead atoms. The molecule has 3 heteroatoms. The molecule has 0 spiro atoms. The summed E-state index contributed by atoms with van der Waals surface area (Å²) in [6.07, 6.45) is 1.49. The van der Waals surface area contributed by atoms with Crippen molar-refractivity contribution in [2.45, 2.75) is 18.9 Å². The molecule has 1 aromatic carbocycles. The van der Waals surface area contributed by atoms with E-state index in [1.807, 2.05) is 24.3 Å². The minimum absolute atomic E-state index is 0.322. The van der Waals surface area contributed by atoms with Gasteiger partial charge in [-0.15, -0.1) is 0 Å². The molecule has 0 aromatic heterocycles. The Bertz CT molecular complexity index is 304. The first-order chi connectivity index (χ1) is 7.27. The molecule has 1 fully saturated rings. The summed E-state index contributed by atoms with van der Waals surface area (Å²) >= 11 is 0. The van der Waals surface area contributed by atoms with Crippen molar-refractivity contribution in [3.63, 3.8) is 0 Å². The van der Waals surface area contributed by atoms with E-state index in [1.54, 1.807) is 0 Å². The van der Waals surface area contributed by atoms with Gasteiger partial charge in [0.05, 0.1) is 6.10 Å². The summed E-state index contributed by atoms with van der Waals surface area (Å²) in [7, 11) is 0. The van der Waals surface area contributed by atoms with Crippen molar-refractivity contribution in [1.29, 1.82) is 0 Å².